The van der Waals surface area contributed by atoms with Crippen LogP contribution in [0.1, 0.15) is 10.4 Å². The van der Waals surface area contributed by atoms with Crippen LogP contribution in [-0.2, 0) is 0 Å². The summed E-state index contributed by atoms with van der Waals surface area (Å²) in [5.41, 5.74) is 0.255. The summed E-state index contributed by atoms with van der Waals surface area (Å²) in [5.74, 6) is 0.524. The number of halogens is 1. The van der Waals surface area contributed by atoms with Crippen molar-refractivity contribution < 1.29 is 14.6 Å². The van der Waals surface area contributed by atoms with E-state index in [1.165, 1.54) is 12.1 Å². The quantitative estimate of drug-likeness (QED) is 0.641. The first-order chi connectivity index (χ1) is 9.65. The minimum absolute atomic E-state index is 0.255. The van der Waals surface area contributed by atoms with Crippen LogP contribution in [0.4, 0.5) is 0 Å². The Balaban J connectivity index is 1.77. The van der Waals surface area contributed by atoms with Crippen molar-refractivity contribution in [1.29, 1.82) is 0 Å². The molecule has 0 aliphatic heterocycles. The molecule has 0 unspecified atom stereocenters. The van der Waals surface area contributed by atoms with Gasteiger partial charge in [-0.1, -0.05) is 17.7 Å². The third kappa shape index (κ3) is 4.47. The molecule has 0 aromatic heterocycles. The van der Waals surface area contributed by atoms with Crippen LogP contribution in [0.15, 0.2) is 53.4 Å². The van der Waals surface area contributed by atoms with Gasteiger partial charge in [0.25, 0.3) is 0 Å². The summed E-state index contributed by atoms with van der Waals surface area (Å²) in [6.45, 7) is 0.545. The van der Waals surface area contributed by atoms with Crippen LogP contribution in [0, 0.1) is 0 Å². The van der Waals surface area contributed by atoms with Gasteiger partial charge in [-0.05, 0) is 42.5 Å². The lowest BCUT2D eigenvalue weighted by Gasteiger charge is -2.06. The van der Waals surface area contributed by atoms with Crippen LogP contribution in [0.5, 0.6) is 5.75 Å². The molecule has 20 heavy (non-hydrogen) atoms. The highest BCUT2D eigenvalue weighted by Gasteiger charge is 2.02. The number of hydrogen-bond acceptors (Lipinski definition) is 3. The van der Waals surface area contributed by atoms with Crippen LogP contribution in [-0.4, -0.2) is 23.4 Å². The van der Waals surface area contributed by atoms with Gasteiger partial charge in [0.2, 0.25) is 0 Å². The van der Waals surface area contributed by atoms with Crippen molar-refractivity contribution in [2.45, 2.75) is 4.90 Å². The molecule has 3 nitrogen and oxygen atoms in total. The Bertz CT molecular complexity index is 584. The van der Waals surface area contributed by atoms with Gasteiger partial charge in [-0.15, -0.1) is 11.8 Å². The lowest BCUT2D eigenvalue weighted by molar-refractivity contribution is 0.0697. The van der Waals surface area contributed by atoms with Crippen molar-refractivity contribution in [1.82, 2.24) is 0 Å². The molecule has 0 atom stereocenters. The number of aromatic carboxylic acids is 1. The monoisotopic (exact) mass is 308 g/mol. The SMILES string of the molecule is O=C(O)c1ccc(OCCSc2cccc(Cl)c2)cc1. The fraction of sp³-hybridized carbons (Fsp3) is 0.133. The van der Waals surface area contributed by atoms with Gasteiger partial charge < -0.3 is 9.84 Å². The Morgan fingerprint density at radius 2 is 1.95 bits per heavy atom. The first-order valence-corrected chi connectivity index (χ1v) is 7.36. The molecule has 2 aromatic carbocycles. The summed E-state index contributed by atoms with van der Waals surface area (Å²) >= 11 is 7.56. The van der Waals surface area contributed by atoms with Crippen LogP contribution in [0.2, 0.25) is 5.02 Å². The fourth-order valence-electron chi connectivity index (χ4n) is 1.57. The second kappa shape index (κ2) is 7.22. The van der Waals surface area contributed by atoms with Gasteiger partial charge >= 0.3 is 5.97 Å². The predicted octanol–water partition coefficient (Wildman–Crippen LogP) is 4.21. The average molecular weight is 309 g/mol. The van der Waals surface area contributed by atoms with Crippen molar-refractivity contribution in [2.75, 3.05) is 12.4 Å². The third-order valence-corrected chi connectivity index (χ3v) is 3.71. The molecule has 0 saturated heterocycles. The van der Waals surface area contributed by atoms with Crippen molar-refractivity contribution in [3.63, 3.8) is 0 Å². The lowest BCUT2D eigenvalue weighted by Crippen LogP contribution is -2.01. The number of carbonyl (C=O) groups is 1. The number of rotatable bonds is 6. The molecule has 2 rings (SSSR count). The highest BCUT2D eigenvalue weighted by Crippen LogP contribution is 2.21. The molecular formula is C15H13ClO3S. The molecule has 0 amide bonds. The summed E-state index contributed by atoms with van der Waals surface area (Å²) in [5, 5.41) is 9.51. The molecule has 0 aliphatic rings. The van der Waals surface area contributed by atoms with E-state index < -0.39 is 5.97 Å². The van der Waals surface area contributed by atoms with E-state index in [4.69, 9.17) is 21.4 Å². The van der Waals surface area contributed by atoms with Crippen LogP contribution < -0.4 is 4.74 Å². The average Bonchev–Trinajstić information content (AvgIpc) is 2.44. The standard InChI is InChI=1S/C15H13ClO3S/c16-12-2-1-3-14(10-12)20-9-8-19-13-6-4-11(5-7-13)15(17)18/h1-7,10H,8-9H2,(H,17,18). The second-order valence-electron chi connectivity index (χ2n) is 3.98. The van der Waals surface area contributed by atoms with Crippen molar-refractivity contribution in [3.8, 4) is 5.75 Å². The Morgan fingerprint density at radius 3 is 2.60 bits per heavy atom. The largest absolute Gasteiger partial charge is 0.493 e. The van der Waals surface area contributed by atoms with Gasteiger partial charge in [0.15, 0.2) is 0 Å². The number of benzene rings is 2. The molecular weight excluding hydrogens is 296 g/mol. The van der Waals surface area contributed by atoms with Gasteiger partial charge in [0.1, 0.15) is 5.75 Å². The van der Waals surface area contributed by atoms with Crippen LogP contribution in [0.25, 0.3) is 0 Å². The minimum atomic E-state index is -0.937. The molecule has 1 N–H and O–H groups in total. The Labute approximate surface area is 126 Å². The first kappa shape index (κ1) is 14.8. The van der Waals surface area contributed by atoms with Crippen LogP contribution >= 0.6 is 23.4 Å². The first-order valence-electron chi connectivity index (χ1n) is 6.00. The lowest BCUT2D eigenvalue weighted by atomic mass is 10.2. The van der Waals surface area contributed by atoms with Gasteiger partial charge in [-0.3, -0.25) is 0 Å². The summed E-state index contributed by atoms with van der Waals surface area (Å²) in [6, 6.07) is 14.0. The molecule has 0 radical (unpaired) electrons. The topological polar surface area (TPSA) is 46.5 Å². The van der Waals surface area contributed by atoms with E-state index in [0.29, 0.717) is 12.4 Å². The number of thioether (sulfide) groups is 1. The minimum Gasteiger partial charge on any atom is -0.493 e. The number of carboxylic acids is 1. The molecule has 0 fully saturated rings. The zero-order valence-electron chi connectivity index (χ0n) is 10.6. The smallest absolute Gasteiger partial charge is 0.335 e. The van der Waals surface area contributed by atoms with Crippen molar-refractivity contribution in [3.05, 3.63) is 59.1 Å². The molecule has 0 heterocycles. The second-order valence-corrected chi connectivity index (χ2v) is 5.59. The summed E-state index contributed by atoms with van der Waals surface area (Å²) < 4.78 is 5.55. The normalized spacial score (nSPS) is 10.2. The van der Waals surface area contributed by atoms with E-state index in [1.54, 1.807) is 23.9 Å². The Morgan fingerprint density at radius 1 is 1.20 bits per heavy atom. The zero-order valence-corrected chi connectivity index (χ0v) is 12.2. The molecule has 5 heteroatoms. The maximum absolute atomic E-state index is 10.7. The van der Waals surface area contributed by atoms with Crippen LogP contribution in [0.3, 0.4) is 0 Å². The maximum Gasteiger partial charge on any atom is 0.335 e. The third-order valence-electron chi connectivity index (χ3n) is 2.52. The maximum atomic E-state index is 10.7. The Hall–Kier alpha value is -1.65. The summed E-state index contributed by atoms with van der Waals surface area (Å²) in [4.78, 5) is 11.8. The Kier molecular flexibility index (Phi) is 5.32. The predicted molar refractivity (Wildman–Crippen MR) is 81.1 cm³/mol. The van der Waals surface area contributed by atoms with E-state index >= 15 is 0 Å². The molecule has 104 valence electrons. The number of carboxylic acid groups (broad SMARTS) is 1. The molecule has 2 aromatic rings. The van der Waals surface area contributed by atoms with Gasteiger partial charge in [-0.2, -0.15) is 0 Å². The van der Waals surface area contributed by atoms with Crippen molar-refractivity contribution >= 4 is 29.3 Å². The van der Waals surface area contributed by atoms with E-state index in [2.05, 4.69) is 0 Å². The number of hydrogen-bond donors (Lipinski definition) is 1. The highest BCUT2D eigenvalue weighted by molar-refractivity contribution is 7.99. The van der Waals surface area contributed by atoms with Crippen molar-refractivity contribution in [2.24, 2.45) is 0 Å². The number of ether oxygens (including phenoxy) is 1. The van der Waals surface area contributed by atoms with Gasteiger partial charge in [-0.25, -0.2) is 4.79 Å². The van der Waals surface area contributed by atoms with E-state index in [1.807, 2.05) is 24.3 Å². The van der Waals surface area contributed by atoms with E-state index in [-0.39, 0.29) is 5.56 Å². The van der Waals surface area contributed by atoms with Gasteiger partial charge in [0, 0.05) is 15.7 Å². The van der Waals surface area contributed by atoms with E-state index in [9.17, 15) is 4.79 Å². The highest BCUT2D eigenvalue weighted by atomic mass is 35.5. The molecule has 0 aliphatic carbocycles. The summed E-state index contributed by atoms with van der Waals surface area (Å²) in [7, 11) is 0. The molecule has 0 spiro atoms. The summed E-state index contributed by atoms with van der Waals surface area (Å²) in [6.07, 6.45) is 0. The van der Waals surface area contributed by atoms with E-state index in [0.717, 1.165) is 15.7 Å². The fourth-order valence-corrected chi connectivity index (χ4v) is 2.61. The molecule has 0 bridgehead atoms. The van der Waals surface area contributed by atoms with Gasteiger partial charge in [0.05, 0.1) is 12.2 Å². The zero-order chi connectivity index (χ0) is 14.4. The molecule has 0 saturated carbocycles.